The van der Waals surface area contributed by atoms with E-state index in [4.69, 9.17) is 0 Å². The molecular formula is C18H17N. The third-order valence-corrected chi connectivity index (χ3v) is 3.57. The van der Waals surface area contributed by atoms with Crippen molar-refractivity contribution in [2.45, 2.75) is 6.92 Å². The zero-order chi connectivity index (χ0) is 13.4. The highest BCUT2D eigenvalue weighted by molar-refractivity contribution is 6.02. The number of hydrogen-bond acceptors (Lipinski definition) is 0. The van der Waals surface area contributed by atoms with Crippen LogP contribution in [-0.2, 0) is 7.05 Å². The number of nitrogens with zero attached hydrogens (tertiary/aromatic N) is 1. The number of aromatic nitrogens is 1. The molecule has 0 spiro atoms. The predicted molar refractivity (Wildman–Crippen MR) is 83.1 cm³/mol. The van der Waals surface area contributed by atoms with Gasteiger partial charge in [-0.3, -0.25) is 0 Å². The molecule has 0 aliphatic rings. The van der Waals surface area contributed by atoms with Crippen molar-refractivity contribution in [3.05, 3.63) is 66.9 Å². The minimum absolute atomic E-state index is 1.09. The van der Waals surface area contributed by atoms with Crippen LogP contribution in [0.4, 0.5) is 0 Å². The maximum Gasteiger partial charge on any atom is 0.0518 e. The van der Waals surface area contributed by atoms with E-state index in [1.54, 1.807) is 0 Å². The summed E-state index contributed by atoms with van der Waals surface area (Å²) in [5, 5.41) is 1.29. The summed E-state index contributed by atoms with van der Waals surface area (Å²) < 4.78 is 2.24. The molecule has 1 nitrogen and oxygen atoms in total. The Morgan fingerprint density at radius 1 is 0.947 bits per heavy atom. The van der Waals surface area contributed by atoms with Gasteiger partial charge in [0.05, 0.1) is 5.69 Å². The topological polar surface area (TPSA) is 4.93 Å². The summed E-state index contributed by atoms with van der Waals surface area (Å²) >= 11 is 0. The van der Waals surface area contributed by atoms with E-state index in [1.165, 1.54) is 27.7 Å². The third-order valence-electron chi connectivity index (χ3n) is 3.57. The van der Waals surface area contributed by atoms with Crippen molar-refractivity contribution in [3.8, 4) is 11.1 Å². The number of para-hydroxylation sites is 1. The van der Waals surface area contributed by atoms with Crippen LogP contribution in [0.25, 0.3) is 27.6 Å². The largest absolute Gasteiger partial charge is 0.343 e. The Morgan fingerprint density at radius 3 is 2.26 bits per heavy atom. The number of fused-ring (bicyclic) bond motifs is 1. The van der Waals surface area contributed by atoms with E-state index in [0.717, 1.165) is 5.57 Å². The molecule has 0 saturated carbocycles. The molecule has 1 heteroatoms. The molecule has 0 N–H and O–H groups in total. The number of allylic oxidation sites excluding steroid dienone is 1. The molecule has 0 aliphatic carbocycles. The molecule has 3 rings (SSSR count). The predicted octanol–water partition coefficient (Wildman–Crippen LogP) is 4.88. The summed E-state index contributed by atoms with van der Waals surface area (Å²) in [6.07, 6.45) is 0. The van der Waals surface area contributed by atoms with Gasteiger partial charge >= 0.3 is 0 Å². The van der Waals surface area contributed by atoms with Crippen LogP contribution in [0, 0.1) is 0 Å². The molecule has 19 heavy (non-hydrogen) atoms. The fourth-order valence-corrected chi connectivity index (χ4v) is 2.79. The van der Waals surface area contributed by atoms with Crippen molar-refractivity contribution in [1.82, 2.24) is 4.57 Å². The van der Waals surface area contributed by atoms with E-state index in [1.807, 2.05) is 0 Å². The maximum absolute atomic E-state index is 4.15. The van der Waals surface area contributed by atoms with E-state index in [-0.39, 0.29) is 0 Å². The molecule has 0 bridgehead atoms. The Bertz CT molecular complexity index is 748. The molecule has 0 unspecified atom stereocenters. The second-order valence-corrected chi connectivity index (χ2v) is 4.95. The lowest BCUT2D eigenvalue weighted by molar-refractivity contribution is 0.948. The van der Waals surface area contributed by atoms with E-state index < -0.39 is 0 Å². The standard InChI is InChI=1S/C18H17N/c1-13(2)18-17(14-9-5-4-6-10-14)15-11-7-8-12-16(15)19(18)3/h4-12H,1H2,2-3H3. The Balaban J connectivity index is 2.46. The highest BCUT2D eigenvalue weighted by atomic mass is 14.9. The Morgan fingerprint density at radius 2 is 1.58 bits per heavy atom. The SMILES string of the molecule is C=C(C)c1c(-c2ccccc2)c2ccccc2n1C. The Labute approximate surface area is 113 Å². The van der Waals surface area contributed by atoms with Gasteiger partial charge in [0.2, 0.25) is 0 Å². The molecule has 0 saturated heterocycles. The fourth-order valence-electron chi connectivity index (χ4n) is 2.79. The first-order chi connectivity index (χ1) is 9.20. The molecule has 2 aromatic carbocycles. The molecule has 1 aromatic heterocycles. The first-order valence-electron chi connectivity index (χ1n) is 6.49. The molecular weight excluding hydrogens is 230 g/mol. The zero-order valence-electron chi connectivity index (χ0n) is 11.4. The third kappa shape index (κ3) is 1.78. The van der Waals surface area contributed by atoms with Gasteiger partial charge < -0.3 is 4.57 Å². The Hall–Kier alpha value is -2.28. The summed E-state index contributed by atoms with van der Waals surface area (Å²) in [5.74, 6) is 0. The maximum atomic E-state index is 4.15. The van der Waals surface area contributed by atoms with Gasteiger partial charge in [-0.25, -0.2) is 0 Å². The normalized spacial score (nSPS) is 10.8. The summed E-state index contributed by atoms with van der Waals surface area (Å²) in [7, 11) is 2.11. The van der Waals surface area contributed by atoms with Crippen molar-refractivity contribution in [2.24, 2.45) is 7.05 Å². The molecule has 1 heterocycles. The monoisotopic (exact) mass is 247 g/mol. The van der Waals surface area contributed by atoms with Crippen LogP contribution in [-0.4, -0.2) is 4.57 Å². The molecule has 0 aliphatic heterocycles. The van der Waals surface area contributed by atoms with E-state index >= 15 is 0 Å². The van der Waals surface area contributed by atoms with Gasteiger partial charge in [-0.15, -0.1) is 0 Å². The van der Waals surface area contributed by atoms with Crippen molar-refractivity contribution in [1.29, 1.82) is 0 Å². The van der Waals surface area contributed by atoms with Crippen molar-refractivity contribution in [2.75, 3.05) is 0 Å². The zero-order valence-corrected chi connectivity index (χ0v) is 11.4. The number of hydrogen-bond donors (Lipinski definition) is 0. The lowest BCUT2D eigenvalue weighted by atomic mass is 9.99. The quantitative estimate of drug-likeness (QED) is 0.608. The first kappa shape index (κ1) is 11.8. The number of benzene rings is 2. The molecule has 0 radical (unpaired) electrons. The van der Waals surface area contributed by atoms with Gasteiger partial charge in [-0.05, 0) is 24.1 Å². The second-order valence-electron chi connectivity index (χ2n) is 4.95. The minimum atomic E-state index is 1.09. The van der Waals surface area contributed by atoms with Gasteiger partial charge in [0, 0.05) is 23.5 Å². The lowest BCUT2D eigenvalue weighted by Crippen LogP contribution is -1.94. The molecule has 0 amide bonds. The molecule has 94 valence electrons. The second kappa shape index (κ2) is 4.43. The molecule has 3 aromatic rings. The van der Waals surface area contributed by atoms with Gasteiger partial charge in [0.25, 0.3) is 0 Å². The van der Waals surface area contributed by atoms with Gasteiger partial charge in [0.15, 0.2) is 0 Å². The highest BCUT2D eigenvalue weighted by Gasteiger charge is 2.16. The Kier molecular flexibility index (Phi) is 2.75. The minimum Gasteiger partial charge on any atom is -0.343 e. The van der Waals surface area contributed by atoms with Gasteiger partial charge in [-0.1, -0.05) is 55.1 Å². The molecule has 0 fully saturated rings. The first-order valence-corrected chi connectivity index (χ1v) is 6.49. The smallest absolute Gasteiger partial charge is 0.0518 e. The van der Waals surface area contributed by atoms with E-state index in [2.05, 4.69) is 79.7 Å². The fraction of sp³-hybridized carbons (Fsp3) is 0.111. The van der Waals surface area contributed by atoms with E-state index in [9.17, 15) is 0 Å². The van der Waals surface area contributed by atoms with Gasteiger partial charge in [-0.2, -0.15) is 0 Å². The van der Waals surface area contributed by atoms with Crippen LogP contribution in [0.3, 0.4) is 0 Å². The summed E-state index contributed by atoms with van der Waals surface area (Å²) in [5.41, 5.74) is 6.09. The van der Waals surface area contributed by atoms with Crippen molar-refractivity contribution < 1.29 is 0 Å². The lowest BCUT2D eigenvalue weighted by Gasteiger charge is -2.07. The summed E-state index contributed by atoms with van der Waals surface area (Å²) in [4.78, 5) is 0. The summed E-state index contributed by atoms with van der Waals surface area (Å²) in [6.45, 7) is 6.22. The van der Waals surface area contributed by atoms with Crippen molar-refractivity contribution in [3.63, 3.8) is 0 Å². The highest BCUT2D eigenvalue weighted by Crippen LogP contribution is 2.37. The van der Waals surface area contributed by atoms with Crippen LogP contribution in [0.15, 0.2) is 61.2 Å². The van der Waals surface area contributed by atoms with Crippen molar-refractivity contribution >= 4 is 16.5 Å². The van der Waals surface area contributed by atoms with Gasteiger partial charge in [0.1, 0.15) is 0 Å². The molecule has 0 atom stereocenters. The number of rotatable bonds is 2. The average Bonchev–Trinajstić information content (AvgIpc) is 2.74. The summed E-state index contributed by atoms with van der Waals surface area (Å²) in [6, 6.07) is 19.1. The van der Waals surface area contributed by atoms with Crippen LogP contribution >= 0.6 is 0 Å². The van der Waals surface area contributed by atoms with Crippen LogP contribution in [0.2, 0.25) is 0 Å². The average molecular weight is 247 g/mol. The van der Waals surface area contributed by atoms with Crippen LogP contribution in [0.5, 0.6) is 0 Å². The van der Waals surface area contributed by atoms with Crippen LogP contribution < -0.4 is 0 Å². The van der Waals surface area contributed by atoms with Crippen LogP contribution in [0.1, 0.15) is 12.6 Å². The van der Waals surface area contributed by atoms with E-state index in [0.29, 0.717) is 0 Å². The number of aryl methyl sites for hydroxylation is 1.